The molecule has 0 radical (unpaired) electrons. The zero-order valence-electron chi connectivity index (χ0n) is 9.99. The average molecular weight is 236 g/mol. The van der Waals surface area contributed by atoms with Crippen LogP contribution >= 0.6 is 0 Å². The predicted molar refractivity (Wildman–Crippen MR) is 62.7 cm³/mol. The average Bonchev–Trinajstić information content (AvgIpc) is 2.24. The van der Waals surface area contributed by atoms with E-state index in [9.17, 15) is 4.79 Å². The molecule has 1 aliphatic rings. The monoisotopic (exact) mass is 236 g/mol. The lowest BCUT2D eigenvalue weighted by molar-refractivity contribution is -0.123. The number of anilines is 1. The van der Waals surface area contributed by atoms with Crippen LogP contribution < -0.4 is 15.8 Å². The minimum Gasteiger partial charge on any atom is -0.481 e. The fraction of sp³-hybridized carbons (Fsp3) is 0.545. The van der Waals surface area contributed by atoms with Crippen LogP contribution in [0.2, 0.25) is 0 Å². The normalized spacial score (nSPS) is 17.1. The molecule has 0 bridgehead atoms. The van der Waals surface area contributed by atoms with Crippen molar-refractivity contribution in [2.45, 2.75) is 31.7 Å². The number of aryl methyl sites for hydroxylation is 1. The number of carbonyl (C=O) groups is 1. The molecule has 2 rings (SSSR count). The van der Waals surface area contributed by atoms with E-state index in [0.29, 0.717) is 18.7 Å². The van der Waals surface area contributed by atoms with E-state index in [4.69, 9.17) is 10.5 Å². The van der Waals surface area contributed by atoms with Gasteiger partial charge in [-0.3, -0.25) is 10.1 Å². The minimum absolute atomic E-state index is 0.226. The summed E-state index contributed by atoms with van der Waals surface area (Å²) >= 11 is 0. The molecule has 1 fully saturated rings. The van der Waals surface area contributed by atoms with E-state index < -0.39 is 5.54 Å². The van der Waals surface area contributed by atoms with Crippen LogP contribution in [-0.2, 0) is 4.79 Å². The molecule has 6 nitrogen and oxygen atoms in total. The van der Waals surface area contributed by atoms with Crippen molar-refractivity contribution in [1.82, 2.24) is 9.97 Å². The van der Waals surface area contributed by atoms with Crippen molar-refractivity contribution < 1.29 is 9.53 Å². The summed E-state index contributed by atoms with van der Waals surface area (Å²) in [4.78, 5) is 20.0. The molecule has 0 aromatic carbocycles. The fourth-order valence-electron chi connectivity index (χ4n) is 1.71. The van der Waals surface area contributed by atoms with Crippen LogP contribution in [0.4, 0.5) is 5.95 Å². The zero-order chi connectivity index (χ0) is 12.5. The molecule has 1 heterocycles. The third-order valence-corrected chi connectivity index (χ3v) is 2.96. The highest BCUT2D eigenvalue weighted by atomic mass is 16.5. The lowest BCUT2D eigenvalue weighted by Crippen LogP contribution is -2.56. The molecule has 0 aliphatic heterocycles. The van der Waals surface area contributed by atoms with Crippen molar-refractivity contribution in [3.05, 3.63) is 11.8 Å². The second-order valence-electron chi connectivity index (χ2n) is 4.34. The van der Waals surface area contributed by atoms with Gasteiger partial charge in [-0.2, -0.15) is 4.98 Å². The standard InChI is InChI=1S/C11H16N4O2/c1-7-6-8(17-2)14-10(13-7)15-9(16)11(12)4-3-5-11/h6H,3-5,12H2,1-2H3,(H,13,14,15,16). The topological polar surface area (TPSA) is 90.1 Å². The van der Waals surface area contributed by atoms with Crippen LogP contribution in [0.15, 0.2) is 6.07 Å². The minimum atomic E-state index is -0.750. The second kappa shape index (κ2) is 4.29. The molecule has 0 spiro atoms. The number of methoxy groups -OCH3 is 1. The van der Waals surface area contributed by atoms with Crippen LogP contribution in [0.5, 0.6) is 5.88 Å². The van der Waals surface area contributed by atoms with Gasteiger partial charge in [0.05, 0.1) is 12.6 Å². The van der Waals surface area contributed by atoms with E-state index in [1.807, 2.05) is 0 Å². The molecular weight excluding hydrogens is 220 g/mol. The molecule has 0 saturated heterocycles. The summed E-state index contributed by atoms with van der Waals surface area (Å²) in [6.07, 6.45) is 2.41. The number of nitrogens with two attached hydrogens (primary N) is 1. The van der Waals surface area contributed by atoms with Crippen molar-refractivity contribution in [2.24, 2.45) is 5.73 Å². The molecule has 6 heteroatoms. The van der Waals surface area contributed by atoms with Gasteiger partial charge in [-0.1, -0.05) is 0 Å². The Hall–Kier alpha value is -1.69. The van der Waals surface area contributed by atoms with E-state index in [2.05, 4.69) is 15.3 Å². The summed E-state index contributed by atoms with van der Waals surface area (Å²) < 4.78 is 5.01. The molecule has 1 amide bonds. The molecule has 17 heavy (non-hydrogen) atoms. The van der Waals surface area contributed by atoms with Gasteiger partial charge < -0.3 is 10.5 Å². The maximum atomic E-state index is 11.9. The smallest absolute Gasteiger partial charge is 0.246 e. The van der Waals surface area contributed by atoms with Gasteiger partial charge in [0.2, 0.25) is 17.7 Å². The van der Waals surface area contributed by atoms with Gasteiger partial charge in [0.15, 0.2) is 0 Å². The number of hydrogen-bond acceptors (Lipinski definition) is 5. The van der Waals surface area contributed by atoms with Crippen molar-refractivity contribution in [3.8, 4) is 5.88 Å². The van der Waals surface area contributed by atoms with Gasteiger partial charge >= 0.3 is 0 Å². The highest BCUT2D eigenvalue weighted by Crippen LogP contribution is 2.30. The summed E-state index contributed by atoms with van der Waals surface area (Å²) in [6.45, 7) is 1.81. The largest absolute Gasteiger partial charge is 0.481 e. The number of amides is 1. The van der Waals surface area contributed by atoms with Crippen molar-refractivity contribution >= 4 is 11.9 Å². The van der Waals surface area contributed by atoms with Gasteiger partial charge in [0, 0.05) is 11.8 Å². The zero-order valence-corrected chi connectivity index (χ0v) is 9.99. The van der Waals surface area contributed by atoms with Crippen LogP contribution in [0.1, 0.15) is 25.0 Å². The second-order valence-corrected chi connectivity index (χ2v) is 4.34. The first-order valence-corrected chi connectivity index (χ1v) is 5.53. The first-order valence-electron chi connectivity index (χ1n) is 5.53. The molecule has 92 valence electrons. The van der Waals surface area contributed by atoms with Crippen molar-refractivity contribution in [2.75, 3.05) is 12.4 Å². The van der Waals surface area contributed by atoms with Crippen LogP contribution in [-0.4, -0.2) is 28.5 Å². The Morgan fingerprint density at radius 1 is 1.53 bits per heavy atom. The number of hydrogen-bond donors (Lipinski definition) is 2. The van der Waals surface area contributed by atoms with E-state index in [-0.39, 0.29) is 11.9 Å². The Morgan fingerprint density at radius 2 is 2.24 bits per heavy atom. The van der Waals surface area contributed by atoms with E-state index in [0.717, 1.165) is 12.1 Å². The number of aromatic nitrogens is 2. The Balaban J connectivity index is 2.12. The van der Waals surface area contributed by atoms with Crippen molar-refractivity contribution in [1.29, 1.82) is 0 Å². The molecule has 0 unspecified atom stereocenters. The summed E-state index contributed by atoms with van der Waals surface area (Å²) in [5, 5.41) is 2.63. The Bertz CT molecular complexity index is 443. The molecule has 1 saturated carbocycles. The Kier molecular flexibility index (Phi) is 2.97. The van der Waals surface area contributed by atoms with Crippen LogP contribution in [0.3, 0.4) is 0 Å². The van der Waals surface area contributed by atoms with Crippen LogP contribution in [0.25, 0.3) is 0 Å². The summed E-state index contributed by atoms with van der Waals surface area (Å²) in [7, 11) is 1.52. The highest BCUT2D eigenvalue weighted by Gasteiger charge is 2.40. The highest BCUT2D eigenvalue weighted by molar-refractivity contribution is 5.97. The van der Waals surface area contributed by atoms with E-state index >= 15 is 0 Å². The van der Waals surface area contributed by atoms with Gasteiger partial charge in [0.1, 0.15) is 0 Å². The first kappa shape index (κ1) is 11.8. The predicted octanol–water partition coefficient (Wildman–Crippen LogP) is 0.614. The van der Waals surface area contributed by atoms with Gasteiger partial charge in [-0.15, -0.1) is 0 Å². The summed E-state index contributed by atoms with van der Waals surface area (Å²) in [6, 6.07) is 1.69. The Labute approximate surface area is 99.6 Å². The number of nitrogens with zero attached hydrogens (tertiary/aromatic N) is 2. The van der Waals surface area contributed by atoms with E-state index in [1.165, 1.54) is 7.11 Å². The lowest BCUT2D eigenvalue weighted by Gasteiger charge is -2.35. The van der Waals surface area contributed by atoms with E-state index in [1.54, 1.807) is 13.0 Å². The van der Waals surface area contributed by atoms with Crippen molar-refractivity contribution in [3.63, 3.8) is 0 Å². The molecular formula is C11H16N4O2. The lowest BCUT2D eigenvalue weighted by atomic mass is 9.77. The molecule has 0 atom stereocenters. The number of rotatable bonds is 3. The first-order chi connectivity index (χ1) is 8.03. The van der Waals surface area contributed by atoms with Gasteiger partial charge in [-0.05, 0) is 26.2 Å². The summed E-state index contributed by atoms with van der Waals surface area (Å²) in [5.74, 6) is 0.437. The quantitative estimate of drug-likeness (QED) is 0.802. The Morgan fingerprint density at radius 3 is 2.76 bits per heavy atom. The fourth-order valence-corrected chi connectivity index (χ4v) is 1.71. The maximum Gasteiger partial charge on any atom is 0.246 e. The third kappa shape index (κ3) is 2.36. The molecule has 1 aliphatic carbocycles. The number of carbonyl (C=O) groups excluding carboxylic acids is 1. The molecule has 1 aromatic rings. The van der Waals surface area contributed by atoms with Crippen LogP contribution in [0, 0.1) is 6.92 Å². The van der Waals surface area contributed by atoms with Gasteiger partial charge in [0.25, 0.3) is 0 Å². The maximum absolute atomic E-state index is 11.9. The third-order valence-electron chi connectivity index (χ3n) is 2.96. The summed E-state index contributed by atoms with van der Waals surface area (Å²) in [5.41, 5.74) is 5.88. The number of nitrogens with one attached hydrogen (secondary N) is 1. The van der Waals surface area contributed by atoms with Gasteiger partial charge in [-0.25, -0.2) is 4.98 Å². The molecule has 3 N–H and O–H groups in total. The number of ether oxygens (including phenoxy) is 1. The molecule has 1 aromatic heterocycles. The SMILES string of the molecule is COc1cc(C)nc(NC(=O)C2(N)CCC2)n1.